The highest BCUT2D eigenvalue weighted by Crippen LogP contribution is 2.36. The summed E-state index contributed by atoms with van der Waals surface area (Å²) < 4.78 is 1.90. The molecule has 0 saturated carbocycles. The van der Waals surface area contributed by atoms with Crippen LogP contribution in [0.4, 0.5) is 0 Å². The van der Waals surface area contributed by atoms with Gasteiger partial charge in [-0.25, -0.2) is 4.98 Å². The molecule has 1 atom stereocenters. The average molecular weight is 420 g/mol. The highest BCUT2D eigenvalue weighted by molar-refractivity contribution is 7.18. The van der Waals surface area contributed by atoms with E-state index in [9.17, 15) is 4.79 Å². The first-order chi connectivity index (χ1) is 14.5. The zero-order valence-corrected chi connectivity index (χ0v) is 18.7. The van der Waals surface area contributed by atoms with Crippen molar-refractivity contribution in [2.75, 3.05) is 13.1 Å². The highest BCUT2D eigenvalue weighted by atomic mass is 32.1. The number of thiophene rings is 1. The fourth-order valence-corrected chi connectivity index (χ4v) is 6.56. The van der Waals surface area contributed by atoms with Gasteiger partial charge in [-0.1, -0.05) is 43.3 Å². The van der Waals surface area contributed by atoms with Crippen LogP contribution in [0.3, 0.4) is 0 Å². The van der Waals surface area contributed by atoms with Crippen LogP contribution in [-0.4, -0.2) is 33.6 Å². The maximum absolute atomic E-state index is 13.5. The Morgan fingerprint density at radius 1 is 1.27 bits per heavy atom. The maximum Gasteiger partial charge on any atom is 0.262 e. The third-order valence-electron chi connectivity index (χ3n) is 6.79. The Labute approximate surface area is 181 Å². The van der Waals surface area contributed by atoms with Crippen molar-refractivity contribution in [3.05, 3.63) is 74.7 Å². The van der Waals surface area contributed by atoms with Gasteiger partial charge >= 0.3 is 0 Å². The van der Waals surface area contributed by atoms with Gasteiger partial charge in [0.05, 0.1) is 11.7 Å². The van der Waals surface area contributed by atoms with Crippen molar-refractivity contribution >= 4 is 21.6 Å². The molecule has 1 aromatic carbocycles. The summed E-state index contributed by atoms with van der Waals surface area (Å²) in [6, 6.07) is 9.26. The largest absolute Gasteiger partial charge is 0.296 e. The molecule has 5 rings (SSSR count). The summed E-state index contributed by atoms with van der Waals surface area (Å²) in [4.78, 5) is 23.1. The van der Waals surface area contributed by atoms with E-state index in [4.69, 9.17) is 4.98 Å². The maximum atomic E-state index is 13.5. The van der Waals surface area contributed by atoms with Gasteiger partial charge in [0, 0.05) is 23.5 Å². The molecule has 30 heavy (non-hydrogen) atoms. The molecule has 156 valence electrons. The van der Waals surface area contributed by atoms with E-state index >= 15 is 0 Å². The Kier molecular flexibility index (Phi) is 5.11. The van der Waals surface area contributed by atoms with E-state index in [0.717, 1.165) is 55.4 Å². The summed E-state index contributed by atoms with van der Waals surface area (Å²) in [5.41, 5.74) is 5.35. The van der Waals surface area contributed by atoms with E-state index in [2.05, 4.69) is 49.6 Å². The molecule has 0 spiro atoms. The van der Waals surface area contributed by atoms with Gasteiger partial charge in [0.15, 0.2) is 0 Å². The smallest absolute Gasteiger partial charge is 0.262 e. The molecular weight excluding hydrogens is 390 g/mol. The number of fused-ring (bicyclic) bond motifs is 4. The van der Waals surface area contributed by atoms with E-state index in [0.29, 0.717) is 6.04 Å². The molecule has 0 saturated heterocycles. The van der Waals surface area contributed by atoms with Crippen molar-refractivity contribution in [3.8, 4) is 0 Å². The lowest BCUT2D eigenvalue weighted by atomic mass is 9.91. The monoisotopic (exact) mass is 419 g/mol. The molecule has 4 nitrogen and oxygen atoms in total. The van der Waals surface area contributed by atoms with Crippen LogP contribution in [0.15, 0.2) is 47.5 Å². The van der Waals surface area contributed by atoms with E-state index in [1.807, 2.05) is 4.57 Å². The van der Waals surface area contributed by atoms with Gasteiger partial charge in [-0.2, -0.15) is 0 Å². The Bertz CT molecular complexity index is 1150. The van der Waals surface area contributed by atoms with Crippen LogP contribution in [0, 0.1) is 0 Å². The summed E-state index contributed by atoms with van der Waals surface area (Å²) in [6.07, 6.45) is 6.72. The summed E-state index contributed by atoms with van der Waals surface area (Å²) in [5, 5.41) is 0.884. The first kappa shape index (κ1) is 19.7. The molecule has 2 aliphatic carbocycles. The third kappa shape index (κ3) is 3.34. The molecule has 0 N–H and O–H groups in total. The van der Waals surface area contributed by atoms with Crippen molar-refractivity contribution in [3.63, 3.8) is 0 Å². The molecule has 0 bridgehead atoms. The molecule has 2 aromatic heterocycles. The minimum atomic E-state index is 0.156. The van der Waals surface area contributed by atoms with Gasteiger partial charge in [-0.3, -0.25) is 14.3 Å². The first-order valence-electron chi connectivity index (χ1n) is 11.0. The molecule has 3 aromatic rings. The van der Waals surface area contributed by atoms with Gasteiger partial charge in [-0.05, 0) is 62.3 Å². The predicted molar refractivity (Wildman–Crippen MR) is 125 cm³/mol. The van der Waals surface area contributed by atoms with Crippen molar-refractivity contribution in [2.45, 2.75) is 58.0 Å². The van der Waals surface area contributed by atoms with Gasteiger partial charge in [0.1, 0.15) is 4.83 Å². The second-order valence-corrected chi connectivity index (χ2v) is 9.97. The Balaban J connectivity index is 1.47. The summed E-state index contributed by atoms with van der Waals surface area (Å²) in [6.45, 7) is 10.4. The van der Waals surface area contributed by atoms with Crippen LogP contribution in [0.25, 0.3) is 10.2 Å². The van der Waals surface area contributed by atoms with Crippen molar-refractivity contribution in [1.29, 1.82) is 0 Å². The van der Waals surface area contributed by atoms with Crippen molar-refractivity contribution < 1.29 is 0 Å². The summed E-state index contributed by atoms with van der Waals surface area (Å²) in [7, 11) is 0. The molecule has 0 amide bonds. The summed E-state index contributed by atoms with van der Waals surface area (Å²) in [5.74, 6) is 0. The topological polar surface area (TPSA) is 38.1 Å². The number of hydrogen-bond donors (Lipinski definition) is 0. The van der Waals surface area contributed by atoms with E-state index < -0.39 is 0 Å². The Morgan fingerprint density at radius 3 is 2.67 bits per heavy atom. The van der Waals surface area contributed by atoms with Gasteiger partial charge in [-0.15, -0.1) is 11.3 Å². The predicted octanol–water partition coefficient (Wildman–Crippen LogP) is 4.55. The minimum Gasteiger partial charge on any atom is -0.296 e. The number of aromatic nitrogens is 2. The zero-order chi connectivity index (χ0) is 20.8. The number of aryl methyl sites for hydroxylation is 1. The Hall–Kier alpha value is -2.24. The number of nitrogens with zero attached hydrogens (tertiary/aromatic N) is 3. The lowest BCUT2D eigenvalue weighted by Gasteiger charge is -2.33. The first-order valence-corrected chi connectivity index (χ1v) is 11.8. The number of hydrogen-bond acceptors (Lipinski definition) is 4. The van der Waals surface area contributed by atoms with E-state index in [-0.39, 0.29) is 11.6 Å². The highest BCUT2D eigenvalue weighted by Gasteiger charge is 2.30. The molecule has 5 heteroatoms. The number of benzene rings is 1. The molecule has 0 fully saturated rings. The van der Waals surface area contributed by atoms with Crippen LogP contribution in [-0.2, 0) is 25.7 Å². The lowest BCUT2D eigenvalue weighted by Crippen LogP contribution is -2.39. The molecule has 0 unspecified atom stereocenters. The standard InChI is InChI=1S/C25H29N3OS/c1-4-27(14-16(2)3)19-9-10-21-22(13-19)30-24-23(21)25(29)28(15-26-24)20-11-17-7-5-6-8-18(17)12-20/h5-8,15,19-20H,2,4,9-14H2,1,3H3/t19-/m1/s1. The molecule has 2 heterocycles. The number of likely N-dealkylation sites (N-methyl/N-ethyl adjacent to an activating group) is 1. The molecule has 0 aliphatic heterocycles. The van der Waals surface area contributed by atoms with Crippen molar-refractivity contribution in [2.24, 2.45) is 0 Å². The lowest BCUT2D eigenvalue weighted by molar-refractivity contribution is 0.206. The second-order valence-electron chi connectivity index (χ2n) is 8.89. The molecule has 2 aliphatic rings. The quantitative estimate of drug-likeness (QED) is 0.569. The van der Waals surface area contributed by atoms with Gasteiger partial charge < -0.3 is 0 Å². The van der Waals surface area contributed by atoms with Crippen LogP contribution in [0.1, 0.15) is 47.9 Å². The van der Waals surface area contributed by atoms with E-state index in [1.54, 1.807) is 17.7 Å². The second kappa shape index (κ2) is 7.78. The van der Waals surface area contributed by atoms with Gasteiger partial charge in [0.25, 0.3) is 5.56 Å². The normalized spacial score (nSPS) is 18.7. The molecular formula is C25H29N3OS. The fraction of sp³-hybridized carbons (Fsp3) is 0.440. The Morgan fingerprint density at radius 2 is 2.00 bits per heavy atom. The minimum absolute atomic E-state index is 0.156. The van der Waals surface area contributed by atoms with Gasteiger partial charge in [0.2, 0.25) is 0 Å². The fourth-order valence-electron chi connectivity index (χ4n) is 5.31. The van der Waals surface area contributed by atoms with Crippen LogP contribution >= 0.6 is 11.3 Å². The average Bonchev–Trinajstić information content (AvgIpc) is 3.32. The van der Waals surface area contributed by atoms with Crippen LogP contribution in [0.5, 0.6) is 0 Å². The number of rotatable bonds is 5. The SMILES string of the molecule is C=C(C)CN(CC)[C@@H]1CCc2c(sc3ncn(C4Cc5ccccc5C4)c(=O)c23)C1. The van der Waals surface area contributed by atoms with Crippen LogP contribution in [0.2, 0.25) is 0 Å². The summed E-state index contributed by atoms with van der Waals surface area (Å²) >= 11 is 1.73. The zero-order valence-electron chi connectivity index (χ0n) is 17.9. The molecule has 0 radical (unpaired) electrons. The van der Waals surface area contributed by atoms with Crippen molar-refractivity contribution in [1.82, 2.24) is 14.5 Å². The third-order valence-corrected chi connectivity index (χ3v) is 7.95. The van der Waals surface area contributed by atoms with E-state index in [1.165, 1.54) is 27.1 Å². The van der Waals surface area contributed by atoms with Crippen LogP contribution < -0.4 is 5.56 Å².